The van der Waals surface area contributed by atoms with Crippen LogP contribution >= 0.6 is 0 Å². The Bertz CT molecular complexity index is 526. The second kappa shape index (κ2) is 4.85. The van der Waals surface area contributed by atoms with E-state index in [1.54, 1.807) is 30.3 Å². The zero-order valence-electron chi connectivity index (χ0n) is 10.7. The molecule has 5 nitrogen and oxygen atoms in total. The second-order valence-electron chi connectivity index (χ2n) is 4.33. The molecule has 0 bridgehead atoms. The molecule has 1 aromatic rings. The fourth-order valence-corrected chi connectivity index (χ4v) is 2.20. The molecule has 1 heterocycles. The van der Waals surface area contributed by atoms with Gasteiger partial charge >= 0.3 is 5.97 Å². The van der Waals surface area contributed by atoms with E-state index in [-0.39, 0.29) is 0 Å². The van der Waals surface area contributed by atoms with Gasteiger partial charge in [-0.05, 0) is 13.0 Å². The lowest BCUT2D eigenvalue weighted by Crippen LogP contribution is -2.52. The highest BCUT2D eigenvalue weighted by atomic mass is 16.5. The summed E-state index contributed by atoms with van der Waals surface area (Å²) >= 11 is 0. The molecule has 0 aliphatic carbocycles. The average Bonchev–Trinajstić information content (AvgIpc) is 2.75. The molecule has 1 N–H and O–H groups in total. The van der Waals surface area contributed by atoms with Crippen molar-refractivity contribution in [1.82, 2.24) is 4.90 Å². The maximum atomic E-state index is 11.9. The van der Waals surface area contributed by atoms with Crippen molar-refractivity contribution in [2.75, 3.05) is 7.11 Å². The number of nitrogens with zero attached hydrogens (tertiary/aromatic N) is 1. The predicted octanol–water partition coefficient (Wildman–Crippen LogP) is 0.792. The van der Waals surface area contributed by atoms with Crippen molar-refractivity contribution in [3.05, 3.63) is 48.0 Å². The Hall–Kier alpha value is -2.14. The van der Waals surface area contributed by atoms with Crippen molar-refractivity contribution >= 4 is 11.9 Å². The lowest BCUT2D eigenvalue weighted by molar-refractivity contribution is -0.165. The van der Waals surface area contributed by atoms with Crippen molar-refractivity contribution < 1.29 is 19.4 Å². The highest BCUT2D eigenvalue weighted by molar-refractivity contribution is 5.94. The number of carbonyl (C=O) groups is 2. The molecule has 5 heteroatoms. The van der Waals surface area contributed by atoms with Gasteiger partial charge in [0.05, 0.1) is 7.11 Å². The molecule has 19 heavy (non-hydrogen) atoms. The number of benzene rings is 1. The molecule has 0 aromatic heterocycles. The fourth-order valence-electron chi connectivity index (χ4n) is 2.20. The topological polar surface area (TPSA) is 66.8 Å². The summed E-state index contributed by atoms with van der Waals surface area (Å²) in [6.07, 6.45) is 2.64. The van der Waals surface area contributed by atoms with Gasteiger partial charge in [-0.2, -0.15) is 0 Å². The van der Waals surface area contributed by atoms with Crippen LogP contribution in [0.4, 0.5) is 0 Å². The molecule has 2 atom stereocenters. The first-order chi connectivity index (χ1) is 9.00. The molecule has 0 spiro atoms. The number of aliphatic hydroxyl groups is 1. The van der Waals surface area contributed by atoms with E-state index in [2.05, 4.69) is 4.74 Å². The number of amides is 1. The zero-order chi connectivity index (χ0) is 14.0. The molecule has 0 saturated heterocycles. The monoisotopic (exact) mass is 261 g/mol. The summed E-state index contributed by atoms with van der Waals surface area (Å²) < 4.78 is 4.63. The summed E-state index contributed by atoms with van der Waals surface area (Å²) in [4.78, 5) is 24.6. The Morgan fingerprint density at radius 1 is 1.37 bits per heavy atom. The lowest BCUT2D eigenvalue weighted by Gasteiger charge is -2.36. The minimum Gasteiger partial charge on any atom is -0.467 e. The number of hydrogen-bond donors (Lipinski definition) is 1. The van der Waals surface area contributed by atoms with Crippen molar-refractivity contribution in [3.8, 4) is 0 Å². The quantitative estimate of drug-likeness (QED) is 0.817. The van der Waals surface area contributed by atoms with Crippen LogP contribution in [0.5, 0.6) is 0 Å². The summed E-state index contributed by atoms with van der Waals surface area (Å²) in [6.45, 7) is 1.52. The first kappa shape index (κ1) is 13.3. The van der Waals surface area contributed by atoms with Crippen LogP contribution < -0.4 is 0 Å². The van der Waals surface area contributed by atoms with Crippen LogP contribution in [0.25, 0.3) is 0 Å². The summed E-state index contributed by atoms with van der Waals surface area (Å²) in [7, 11) is 1.24. The molecule has 0 radical (unpaired) electrons. The van der Waals surface area contributed by atoms with Gasteiger partial charge in [0.15, 0.2) is 5.72 Å². The number of rotatable bonds is 3. The summed E-state index contributed by atoms with van der Waals surface area (Å²) in [5.74, 6) is -1.00. The first-order valence-electron chi connectivity index (χ1n) is 5.89. The third kappa shape index (κ3) is 2.13. The first-order valence-corrected chi connectivity index (χ1v) is 5.89. The Labute approximate surface area is 111 Å². The third-order valence-corrected chi connectivity index (χ3v) is 3.19. The van der Waals surface area contributed by atoms with Gasteiger partial charge in [0, 0.05) is 11.6 Å². The molecular weight excluding hydrogens is 246 g/mol. The number of methoxy groups -OCH3 is 1. The molecule has 2 rings (SSSR count). The van der Waals surface area contributed by atoms with Crippen molar-refractivity contribution in [3.63, 3.8) is 0 Å². The Balaban J connectivity index is 2.42. The molecule has 0 saturated carbocycles. The van der Waals surface area contributed by atoms with E-state index in [1.165, 1.54) is 26.2 Å². The standard InChI is InChI=1S/C14H15NO4/c1-10(13(17)19-2)15-12(16)8-9-14(15,18)11-6-4-3-5-7-11/h3-10,18H,1-2H3. The van der Waals surface area contributed by atoms with Gasteiger partial charge in [0.2, 0.25) is 5.91 Å². The summed E-state index contributed by atoms with van der Waals surface area (Å²) in [6, 6.07) is 7.83. The summed E-state index contributed by atoms with van der Waals surface area (Å²) in [5, 5.41) is 10.7. The highest BCUT2D eigenvalue weighted by Crippen LogP contribution is 2.34. The average molecular weight is 261 g/mol. The number of ether oxygens (including phenoxy) is 1. The Kier molecular flexibility index (Phi) is 3.40. The van der Waals surface area contributed by atoms with Crippen LogP contribution in [-0.4, -0.2) is 35.0 Å². The van der Waals surface area contributed by atoms with Crippen LogP contribution in [0.3, 0.4) is 0 Å². The minimum absolute atomic E-state index is 0.427. The number of hydrogen-bond acceptors (Lipinski definition) is 4. The molecule has 1 aliphatic heterocycles. The second-order valence-corrected chi connectivity index (χ2v) is 4.33. The largest absolute Gasteiger partial charge is 0.467 e. The van der Waals surface area contributed by atoms with Gasteiger partial charge in [0.25, 0.3) is 0 Å². The van der Waals surface area contributed by atoms with Gasteiger partial charge in [-0.25, -0.2) is 4.79 Å². The van der Waals surface area contributed by atoms with Crippen molar-refractivity contribution in [1.29, 1.82) is 0 Å². The van der Waals surface area contributed by atoms with Crippen molar-refractivity contribution in [2.45, 2.75) is 18.7 Å². The van der Waals surface area contributed by atoms with E-state index in [1.807, 2.05) is 0 Å². The molecule has 1 amide bonds. The Morgan fingerprint density at radius 2 is 2.00 bits per heavy atom. The maximum Gasteiger partial charge on any atom is 0.328 e. The SMILES string of the molecule is COC(=O)C(C)N1C(=O)C=CC1(O)c1ccccc1. The van der Waals surface area contributed by atoms with Gasteiger partial charge in [0.1, 0.15) is 6.04 Å². The maximum absolute atomic E-state index is 11.9. The Morgan fingerprint density at radius 3 is 2.58 bits per heavy atom. The van der Waals surface area contributed by atoms with E-state index in [0.29, 0.717) is 5.56 Å². The summed E-state index contributed by atoms with van der Waals surface area (Å²) in [5.41, 5.74) is -1.10. The van der Waals surface area contributed by atoms with Crippen molar-refractivity contribution in [2.24, 2.45) is 0 Å². The predicted molar refractivity (Wildman–Crippen MR) is 67.8 cm³/mol. The number of esters is 1. The molecule has 100 valence electrons. The smallest absolute Gasteiger partial charge is 0.328 e. The van der Waals surface area contributed by atoms with Gasteiger partial charge in [-0.1, -0.05) is 30.3 Å². The zero-order valence-corrected chi connectivity index (χ0v) is 10.7. The third-order valence-electron chi connectivity index (χ3n) is 3.19. The fraction of sp³-hybridized carbons (Fsp3) is 0.286. The van der Waals surface area contributed by atoms with Crippen LogP contribution in [0, 0.1) is 0 Å². The van der Waals surface area contributed by atoms with Crippen LogP contribution in [0.15, 0.2) is 42.5 Å². The van der Waals surface area contributed by atoms with Gasteiger partial charge in [-0.3, -0.25) is 9.69 Å². The molecular formula is C14H15NO4. The van der Waals surface area contributed by atoms with E-state index >= 15 is 0 Å². The van der Waals surface area contributed by atoms with Crippen LogP contribution in [0.1, 0.15) is 12.5 Å². The normalized spacial score (nSPS) is 23.5. The minimum atomic E-state index is -1.62. The van der Waals surface area contributed by atoms with Crippen LogP contribution in [0.2, 0.25) is 0 Å². The molecule has 0 fully saturated rings. The van der Waals surface area contributed by atoms with Gasteiger partial charge < -0.3 is 9.84 Å². The van der Waals surface area contributed by atoms with E-state index < -0.39 is 23.6 Å². The number of carbonyl (C=O) groups excluding carboxylic acids is 2. The highest BCUT2D eigenvalue weighted by Gasteiger charge is 2.45. The molecule has 2 unspecified atom stereocenters. The van der Waals surface area contributed by atoms with Gasteiger partial charge in [-0.15, -0.1) is 0 Å². The molecule has 1 aliphatic rings. The van der Waals surface area contributed by atoms with E-state index in [4.69, 9.17) is 0 Å². The lowest BCUT2D eigenvalue weighted by atomic mass is 10.0. The molecule has 1 aromatic carbocycles. The van der Waals surface area contributed by atoms with E-state index in [9.17, 15) is 14.7 Å². The van der Waals surface area contributed by atoms with Crippen LogP contribution in [-0.2, 0) is 20.1 Å². The van der Waals surface area contributed by atoms with E-state index in [0.717, 1.165) is 4.90 Å².